The Morgan fingerprint density at radius 1 is 1.19 bits per heavy atom. The second kappa shape index (κ2) is 7.70. The Balaban J connectivity index is 1.49. The molecule has 166 valence electrons. The van der Waals surface area contributed by atoms with Crippen molar-refractivity contribution in [2.24, 2.45) is 0 Å². The molecule has 0 saturated carbocycles. The Morgan fingerprint density at radius 3 is 2.52 bits per heavy atom. The Hall–Kier alpha value is -2.82. The number of alkyl halides is 3. The van der Waals surface area contributed by atoms with E-state index in [1.807, 2.05) is 0 Å². The standard InChI is InChI=1S/C20H21F3N4O3S/c1-31(29,30)27-11-8-17-15(12-27)18(25-24-17)19(28)26-9-6-13(7-10-26)14-4-2-3-5-16(14)20(21,22)23/h2-5,8,11,13H,6-7,9-10,12H2,1H3,(H,24,25). The van der Waals surface area contributed by atoms with Crippen molar-refractivity contribution in [2.45, 2.75) is 31.5 Å². The molecule has 1 aromatic heterocycles. The van der Waals surface area contributed by atoms with E-state index < -0.39 is 21.8 Å². The number of aromatic amines is 1. The third-order valence-electron chi connectivity index (χ3n) is 5.74. The lowest BCUT2D eigenvalue weighted by atomic mass is 9.86. The Kier molecular flexibility index (Phi) is 5.32. The molecule has 0 aliphatic carbocycles. The van der Waals surface area contributed by atoms with Gasteiger partial charge in [-0.15, -0.1) is 0 Å². The van der Waals surface area contributed by atoms with Crippen LogP contribution in [0, 0.1) is 0 Å². The van der Waals surface area contributed by atoms with E-state index in [0.717, 1.165) is 16.6 Å². The highest BCUT2D eigenvalue weighted by Crippen LogP contribution is 2.39. The number of carbonyl (C=O) groups is 1. The molecule has 31 heavy (non-hydrogen) atoms. The molecule has 3 heterocycles. The molecular formula is C20H21F3N4O3S. The molecule has 7 nitrogen and oxygen atoms in total. The quantitative estimate of drug-likeness (QED) is 0.772. The second-order valence-corrected chi connectivity index (χ2v) is 9.67. The van der Waals surface area contributed by atoms with E-state index in [4.69, 9.17) is 0 Å². The first kappa shape index (κ1) is 21.4. The third kappa shape index (κ3) is 4.18. The van der Waals surface area contributed by atoms with Gasteiger partial charge in [-0.25, -0.2) is 8.42 Å². The van der Waals surface area contributed by atoms with Gasteiger partial charge in [0.2, 0.25) is 10.0 Å². The molecule has 2 aliphatic rings. The van der Waals surface area contributed by atoms with Gasteiger partial charge in [0.1, 0.15) is 0 Å². The van der Waals surface area contributed by atoms with Crippen LogP contribution in [0.1, 0.15) is 51.6 Å². The summed E-state index contributed by atoms with van der Waals surface area (Å²) in [5.41, 5.74) is 0.823. The first-order chi connectivity index (χ1) is 14.6. The van der Waals surface area contributed by atoms with Crippen LogP contribution in [-0.4, -0.2) is 53.1 Å². The van der Waals surface area contributed by atoms with Gasteiger partial charge in [-0.3, -0.25) is 14.2 Å². The molecule has 2 aromatic rings. The first-order valence-electron chi connectivity index (χ1n) is 9.73. The summed E-state index contributed by atoms with van der Waals surface area (Å²) in [5, 5.41) is 6.82. The van der Waals surface area contributed by atoms with Crippen molar-refractivity contribution in [3.8, 4) is 0 Å². The maximum atomic E-state index is 13.3. The molecule has 1 saturated heterocycles. The summed E-state index contributed by atoms with van der Waals surface area (Å²) in [6, 6.07) is 5.56. The minimum Gasteiger partial charge on any atom is -0.337 e. The summed E-state index contributed by atoms with van der Waals surface area (Å²) in [6.45, 7) is 0.587. The zero-order chi connectivity index (χ0) is 22.4. The second-order valence-electron chi connectivity index (χ2n) is 7.74. The van der Waals surface area contributed by atoms with Crippen molar-refractivity contribution in [1.82, 2.24) is 19.4 Å². The van der Waals surface area contributed by atoms with Gasteiger partial charge in [0.05, 0.1) is 24.1 Å². The van der Waals surface area contributed by atoms with Crippen LogP contribution in [0.4, 0.5) is 13.2 Å². The summed E-state index contributed by atoms with van der Waals surface area (Å²) >= 11 is 0. The van der Waals surface area contributed by atoms with Crippen molar-refractivity contribution in [2.75, 3.05) is 19.3 Å². The number of halogens is 3. The maximum Gasteiger partial charge on any atom is 0.416 e. The van der Waals surface area contributed by atoms with Gasteiger partial charge in [-0.1, -0.05) is 18.2 Å². The summed E-state index contributed by atoms with van der Waals surface area (Å²) < 4.78 is 64.8. The highest BCUT2D eigenvalue weighted by atomic mass is 32.2. The van der Waals surface area contributed by atoms with E-state index in [-0.39, 0.29) is 29.6 Å². The number of nitrogens with one attached hydrogen (secondary N) is 1. The van der Waals surface area contributed by atoms with E-state index in [2.05, 4.69) is 10.2 Å². The lowest BCUT2D eigenvalue weighted by Gasteiger charge is -2.33. The number of rotatable bonds is 3. The Bertz CT molecular complexity index is 1130. The Morgan fingerprint density at radius 2 is 1.87 bits per heavy atom. The normalized spacial score (nSPS) is 17.7. The molecule has 0 atom stereocenters. The number of carbonyl (C=O) groups excluding carboxylic acids is 1. The summed E-state index contributed by atoms with van der Waals surface area (Å²) in [5.74, 6) is -0.651. The third-order valence-corrected chi connectivity index (χ3v) is 6.84. The highest BCUT2D eigenvalue weighted by Gasteiger charge is 2.37. The van der Waals surface area contributed by atoms with Crippen LogP contribution >= 0.6 is 0 Å². The van der Waals surface area contributed by atoms with Gasteiger partial charge in [-0.05, 0) is 36.5 Å². The molecule has 0 unspecified atom stereocenters. The van der Waals surface area contributed by atoms with Gasteiger partial charge in [0, 0.05) is 24.9 Å². The average Bonchev–Trinajstić information content (AvgIpc) is 3.15. The lowest BCUT2D eigenvalue weighted by molar-refractivity contribution is -0.138. The minimum atomic E-state index is -4.42. The van der Waals surface area contributed by atoms with Gasteiger partial charge in [0.15, 0.2) is 5.69 Å². The maximum absolute atomic E-state index is 13.3. The SMILES string of the molecule is CS(=O)(=O)N1C=Cc2[nH]nc(C(=O)N3CCC(c4ccccc4C(F)(F)F)CC3)c2C1. The molecule has 0 spiro atoms. The molecular weight excluding hydrogens is 433 g/mol. The minimum absolute atomic E-state index is 0.00232. The van der Waals surface area contributed by atoms with Crippen LogP contribution in [0.3, 0.4) is 0 Å². The fourth-order valence-corrected chi connectivity index (χ4v) is 4.75. The zero-order valence-electron chi connectivity index (χ0n) is 16.7. The number of aromatic nitrogens is 2. The van der Waals surface area contributed by atoms with E-state index >= 15 is 0 Å². The fourth-order valence-electron chi connectivity index (χ4n) is 4.10. The largest absolute Gasteiger partial charge is 0.416 e. The number of sulfonamides is 1. The van der Waals surface area contributed by atoms with E-state index in [1.165, 1.54) is 18.3 Å². The number of hydrogen-bond donors (Lipinski definition) is 1. The van der Waals surface area contributed by atoms with Gasteiger partial charge in [0.25, 0.3) is 5.91 Å². The molecule has 2 aliphatic heterocycles. The molecule has 0 radical (unpaired) electrons. The number of piperidine rings is 1. The van der Waals surface area contributed by atoms with Crippen molar-refractivity contribution < 1.29 is 26.4 Å². The number of hydrogen-bond acceptors (Lipinski definition) is 4. The first-order valence-corrected chi connectivity index (χ1v) is 11.6. The average molecular weight is 454 g/mol. The summed E-state index contributed by atoms with van der Waals surface area (Å²) in [4.78, 5) is 14.6. The van der Waals surface area contributed by atoms with Crippen molar-refractivity contribution in [3.63, 3.8) is 0 Å². The van der Waals surface area contributed by atoms with Crippen LogP contribution < -0.4 is 0 Å². The van der Waals surface area contributed by atoms with E-state index in [0.29, 0.717) is 37.2 Å². The van der Waals surface area contributed by atoms with Crippen LogP contribution in [0.2, 0.25) is 0 Å². The number of nitrogens with zero attached hydrogens (tertiary/aromatic N) is 3. The van der Waals surface area contributed by atoms with Crippen LogP contribution in [0.5, 0.6) is 0 Å². The van der Waals surface area contributed by atoms with Crippen molar-refractivity contribution in [3.05, 3.63) is 58.5 Å². The molecule has 1 fully saturated rings. The molecule has 1 aromatic carbocycles. The summed E-state index contributed by atoms with van der Waals surface area (Å²) in [6.07, 6.45) is 0.420. The predicted octanol–water partition coefficient (Wildman–Crippen LogP) is 3.19. The van der Waals surface area contributed by atoms with Gasteiger partial charge < -0.3 is 4.90 Å². The van der Waals surface area contributed by atoms with Gasteiger partial charge in [-0.2, -0.15) is 18.3 Å². The Labute approximate surface area is 177 Å². The molecule has 1 N–H and O–H groups in total. The molecule has 1 amide bonds. The summed E-state index contributed by atoms with van der Waals surface area (Å²) in [7, 11) is -3.48. The number of benzene rings is 1. The number of likely N-dealkylation sites (tertiary alicyclic amines) is 1. The van der Waals surface area contributed by atoms with Crippen LogP contribution in [-0.2, 0) is 22.7 Å². The van der Waals surface area contributed by atoms with Crippen LogP contribution in [0.15, 0.2) is 30.5 Å². The van der Waals surface area contributed by atoms with E-state index in [1.54, 1.807) is 17.0 Å². The smallest absolute Gasteiger partial charge is 0.337 e. The number of H-pyrrole nitrogens is 1. The zero-order valence-corrected chi connectivity index (χ0v) is 17.5. The number of fused-ring (bicyclic) bond motifs is 1. The van der Waals surface area contributed by atoms with Crippen molar-refractivity contribution in [1.29, 1.82) is 0 Å². The van der Waals surface area contributed by atoms with Gasteiger partial charge >= 0.3 is 6.18 Å². The highest BCUT2D eigenvalue weighted by molar-refractivity contribution is 7.88. The van der Waals surface area contributed by atoms with E-state index in [9.17, 15) is 26.4 Å². The molecule has 0 bridgehead atoms. The fraction of sp³-hybridized carbons (Fsp3) is 0.400. The monoisotopic (exact) mass is 454 g/mol. The lowest BCUT2D eigenvalue weighted by Crippen LogP contribution is -2.39. The molecule has 11 heteroatoms. The number of amides is 1. The van der Waals surface area contributed by atoms with Crippen LogP contribution in [0.25, 0.3) is 6.08 Å². The van der Waals surface area contributed by atoms with Crippen molar-refractivity contribution >= 4 is 22.0 Å². The molecule has 4 rings (SSSR count). The predicted molar refractivity (Wildman–Crippen MR) is 107 cm³/mol. The topological polar surface area (TPSA) is 86.4 Å².